The predicted octanol–water partition coefficient (Wildman–Crippen LogP) is 6.16. The lowest BCUT2D eigenvalue weighted by Gasteiger charge is -2.17. The molecule has 0 radical (unpaired) electrons. The molecule has 1 aromatic heterocycles. The van der Waals surface area contributed by atoms with Gasteiger partial charge in [-0.05, 0) is 75.1 Å². The molecular formula is C24H23Cl2N3O4. The highest BCUT2D eigenvalue weighted by molar-refractivity contribution is 6.35. The van der Waals surface area contributed by atoms with Crippen molar-refractivity contribution in [2.75, 3.05) is 7.11 Å². The fourth-order valence-electron chi connectivity index (χ4n) is 4.07. The molecule has 1 N–H and O–H groups in total. The van der Waals surface area contributed by atoms with Crippen molar-refractivity contribution in [3.8, 4) is 22.9 Å². The van der Waals surface area contributed by atoms with Gasteiger partial charge in [-0.3, -0.25) is 10.3 Å². The molecule has 0 bridgehead atoms. The third-order valence-corrected chi connectivity index (χ3v) is 6.45. The van der Waals surface area contributed by atoms with E-state index in [-0.39, 0.29) is 12.0 Å². The molecule has 9 heteroatoms. The molecule has 2 heterocycles. The number of hydroxylamine groups is 1. The molecule has 1 unspecified atom stereocenters. The molecule has 0 spiro atoms. The SMILES string of the molecule is COc1ccc(C2=CC(C)(c3nc(-c4cc(Cl)ccc4Cl)no3)ON2)cc1OC1CCCC1. The van der Waals surface area contributed by atoms with Gasteiger partial charge in [0.1, 0.15) is 0 Å². The van der Waals surface area contributed by atoms with Crippen molar-refractivity contribution < 1.29 is 18.8 Å². The average Bonchev–Trinajstić information content (AvgIpc) is 3.57. The van der Waals surface area contributed by atoms with E-state index in [1.165, 1.54) is 12.8 Å². The monoisotopic (exact) mass is 487 g/mol. The van der Waals surface area contributed by atoms with Crippen molar-refractivity contribution in [3.05, 3.63) is 64.0 Å². The highest BCUT2D eigenvalue weighted by Crippen LogP contribution is 2.39. The second kappa shape index (κ2) is 8.89. The van der Waals surface area contributed by atoms with Crippen molar-refractivity contribution in [2.24, 2.45) is 0 Å². The van der Waals surface area contributed by atoms with Crippen molar-refractivity contribution in [3.63, 3.8) is 0 Å². The Balaban J connectivity index is 1.42. The van der Waals surface area contributed by atoms with Gasteiger partial charge in [0.05, 0.1) is 23.9 Å². The Bertz CT molecular complexity index is 1210. The van der Waals surface area contributed by atoms with E-state index in [1.54, 1.807) is 25.3 Å². The lowest BCUT2D eigenvalue weighted by Crippen LogP contribution is -2.23. The van der Waals surface area contributed by atoms with Crippen LogP contribution in [0.2, 0.25) is 10.0 Å². The molecule has 0 saturated heterocycles. The number of nitrogens with one attached hydrogen (secondary N) is 1. The summed E-state index contributed by atoms with van der Waals surface area (Å²) in [7, 11) is 1.64. The number of halogens is 2. The maximum atomic E-state index is 6.28. The van der Waals surface area contributed by atoms with E-state index >= 15 is 0 Å². The van der Waals surface area contributed by atoms with Crippen LogP contribution >= 0.6 is 23.2 Å². The smallest absolute Gasteiger partial charge is 0.265 e. The summed E-state index contributed by atoms with van der Waals surface area (Å²) >= 11 is 12.4. The molecule has 2 aromatic carbocycles. The topological polar surface area (TPSA) is 78.6 Å². The molecule has 2 aliphatic rings. The molecule has 172 valence electrons. The third kappa shape index (κ3) is 4.40. The summed E-state index contributed by atoms with van der Waals surface area (Å²) in [5.74, 6) is 2.04. The number of hydrogen-bond donors (Lipinski definition) is 1. The molecule has 1 saturated carbocycles. The number of aromatic nitrogens is 2. The fraction of sp³-hybridized carbons (Fsp3) is 0.333. The standard InChI is InChI=1S/C24H23Cl2N3O4/c1-24(23-27-22(29-32-23)17-12-15(25)8-9-18(17)26)13-19(28-33-24)14-7-10-20(30-2)21(11-14)31-16-5-3-4-6-16/h7-13,16,28H,3-6H2,1-2H3. The number of nitrogens with zero attached hydrogens (tertiary/aromatic N) is 2. The number of benzene rings is 2. The van der Waals surface area contributed by atoms with Gasteiger partial charge in [0, 0.05) is 16.1 Å². The summed E-state index contributed by atoms with van der Waals surface area (Å²) in [6.07, 6.45) is 6.62. The second-order valence-electron chi connectivity index (χ2n) is 8.31. The first-order valence-electron chi connectivity index (χ1n) is 10.8. The Labute approximate surface area is 201 Å². The van der Waals surface area contributed by atoms with Crippen LogP contribution in [0.25, 0.3) is 17.1 Å². The summed E-state index contributed by atoms with van der Waals surface area (Å²) < 4.78 is 17.2. The Hall–Kier alpha value is -2.74. The quantitative estimate of drug-likeness (QED) is 0.445. The summed E-state index contributed by atoms with van der Waals surface area (Å²) in [5, 5.41) is 5.08. The van der Waals surface area contributed by atoms with E-state index in [1.807, 2.05) is 31.2 Å². The Morgan fingerprint density at radius 1 is 1.09 bits per heavy atom. The van der Waals surface area contributed by atoms with Crippen LogP contribution in [-0.2, 0) is 10.4 Å². The van der Waals surface area contributed by atoms with Crippen LogP contribution in [0, 0.1) is 0 Å². The van der Waals surface area contributed by atoms with Crippen molar-refractivity contribution in [1.82, 2.24) is 15.6 Å². The first kappa shape index (κ1) is 22.1. The molecule has 1 aliphatic carbocycles. The van der Waals surface area contributed by atoms with Gasteiger partial charge in [0.25, 0.3) is 5.89 Å². The van der Waals surface area contributed by atoms with Crippen molar-refractivity contribution >= 4 is 28.9 Å². The normalized spacial score (nSPS) is 20.5. The summed E-state index contributed by atoms with van der Waals surface area (Å²) in [6.45, 7) is 1.84. The molecule has 1 atom stereocenters. The summed E-state index contributed by atoms with van der Waals surface area (Å²) in [4.78, 5) is 10.4. The van der Waals surface area contributed by atoms with E-state index in [2.05, 4.69) is 15.6 Å². The highest BCUT2D eigenvalue weighted by atomic mass is 35.5. The zero-order chi connectivity index (χ0) is 23.0. The second-order valence-corrected chi connectivity index (χ2v) is 9.15. The Morgan fingerprint density at radius 2 is 1.91 bits per heavy atom. The fourth-order valence-corrected chi connectivity index (χ4v) is 4.44. The minimum absolute atomic E-state index is 0.219. The maximum absolute atomic E-state index is 6.28. The van der Waals surface area contributed by atoms with Crippen LogP contribution in [0.4, 0.5) is 0 Å². The largest absolute Gasteiger partial charge is 0.493 e. The Kier molecular flexibility index (Phi) is 5.95. The van der Waals surface area contributed by atoms with E-state index in [0.29, 0.717) is 32.9 Å². The molecule has 1 fully saturated rings. The number of ether oxygens (including phenoxy) is 2. The summed E-state index contributed by atoms with van der Waals surface area (Å²) in [6, 6.07) is 10.9. The molecule has 1 aliphatic heterocycles. The van der Waals surface area contributed by atoms with Gasteiger partial charge in [-0.25, -0.2) is 0 Å². The van der Waals surface area contributed by atoms with E-state index in [9.17, 15) is 0 Å². The van der Waals surface area contributed by atoms with E-state index in [4.69, 9.17) is 42.0 Å². The van der Waals surface area contributed by atoms with Crippen molar-refractivity contribution in [1.29, 1.82) is 0 Å². The van der Waals surface area contributed by atoms with Gasteiger partial charge in [0.2, 0.25) is 5.82 Å². The Morgan fingerprint density at radius 3 is 2.70 bits per heavy atom. The first-order valence-corrected chi connectivity index (χ1v) is 11.5. The lowest BCUT2D eigenvalue weighted by atomic mass is 10.0. The molecule has 33 heavy (non-hydrogen) atoms. The zero-order valence-electron chi connectivity index (χ0n) is 18.2. The molecular weight excluding hydrogens is 465 g/mol. The number of hydrogen-bond acceptors (Lipinski definition) is 7. The van der Waals surface area contributed by atoms with Gasteiger partial charge in [-0.15, -0.1) is 0 Å². The first-order chi connectivity index (χ1) is 15.9. The van der Waals surface area contributed by atoms with Crippen LogP contribution in [0.5, 0.6) is 11.5 Å². The predicted molar refractivity (Wildman–Crippen MR) is 125 cm³/mol. The van der Waals surface area contributed by atoms with Gasteiger partial charge < -0.3 is 14.0 Å². The number of methoxy groups -OCH3 is 1. The minimum Gasteiger partial charge on any atom is -0.493 e. The zero-order valence-corrected chi connectivity index (χ0v) is 19.7. The van der Waals surface area contributed by atoms with Crippen LogP contribution < -0.4 is 15.0 Å². The number of rotatable bonds is 6. The van der Waals surface area contributed by atoms with Gasteiger partial charge in [-0.2, -0.15) is 4.98 Å². The van der Waals surface area contributed by atoms with Crippen LogP contribution in [0.1, 0.15) is 44.1 Å². The lowest BCUT2D eigenvalue weighted by molar-refractivity contribution is -0.0445. The van der Waals surface area contributed by atoms with Crippen molar-refractivity contribution in [2.45, 2.75) is 44.3 Å². The van der Waals surface area contributed by atoms with Gasteiger partial charge in [0.15, 0.2) is 17.1 Å². The molecule has 3 aromatic rings. The van der Waals surface area contributed by atoms with Crippen LogP contribution in [0.3, 0.4) is 0 Å². The van der Waals surface area contributed by atoms with Gasteiger partial charge >= 0.3 is 0 Å². The van der Waals surface area contributed by atoms with E-state index in [0.717, 1.165) is 24.1 Å². The maximum Gasteiger partial charge on any atom is 0.265 e. The minimum atomic E-state index is -0.974. The average molecular weight is 488 g/mol. The van der Waals surface area contributed by atoms with Crippen LogP contribution in [0.15, 0.2) is 47.0 Å². The molecule has 7 nitrogen and oxygen atoms in total. The third-order valence-electron chi connectivity index (χ3n) is 5.88. The molecule has 5 rings (SSSR count). The highest BCUT2D eigenvalue weighted by Gasteiger charge is 2.38. The summed E-state index contributed by atoms with van der Waals surface area (Å²) in [5.41, 5.74) is 4.25. The van der Waals surface area contributed by atoms with Crippen LogP contribution in [-0.4, -0.2) is 23.4 Å². The van der Waals surface area contributed by atoms with E-state index < -0.39 is 5.60 Å². The van der Waals surface area contributed by atoms with Gasteiger partial charge in [-0.1, -0.05) is 28.4 Å². The molecule has 0 amide bonds.